The van der Waals surface area contributed by atoms with E-state index < -0.39 is 9.84 Å². The Balaban J connectivity index is 1.66. The summed E-state index contributed by atoms with van der Waals surface area (Å²) in [6, 6.07) is 8.70. The van der Waals surface area contributed by atoms with Crippen molar-refractivity contribution in [3.05, 3.63) is 36.0 Å². The number of benzene rings is 1. The largest absolute Gasteiger partial charge is 0.346 e. The van der Waals surface area contributed by atoms with E-state index in [1.165, 1.54) is 16.5 Å². The summed E-state index contributed by atoms with van der Waals surface area (Å²) in [6.07, 6.45) is 3.89. The van der Waals surface area contributed by atoms with Crippen molar-refractivity contribution in [3.63, 3.8) is 0 Å². The van der Waals surface area contributed by atoms with Crippen LogP contribution in [-0.4, -0.2) is 37.1 Å². The average molecular weight is 306 g/mol. The van der Waals surface area contributed by atoms with E-state index >= 15 is 0 Å². The first-order valence-electron chi connectivity index (χ1n) is 7.59. The topological polar surface area (TPSA) is 51.1 Å². The van der Waals surface area contributed by atoms with E-state index in [9.17, 15) is 8.42 Å². The average Bonchev–Trinajstić information content (AvgIpc) is 3.02. The van der Waals surface area contributed by atoms with Gasteiger partial charge in [0.1, 0.15) is 0 Å². The van der Waals surface area contributed by atoms with E-state index in [0.717, 1.165) is 25.9 Å². The molecule has 0 radical (unpaired) electrons. The summed E-state index contributed by atoms with van der Waals surface area (Å²) in [7, 11) is -2.79. The van der Waals surface area contributed by atoms with Crippen molar-refractivity contribution >= 4 is 20.7 Å². The van der Waals surface area contributed by atoms with Gasteiger partial charge in [0.25, 0.3) is 0 Å². The van der Waals surface area contributed by atoms with E-state index in [4.69, 9.17) is 0 Å². The van der Waals surface area contributed by atoms with Crippen LogP contribution in [0.25, 0.3) is 10.9 Å². The fourth-order valence-corrected chi connectivity index (χ4v) is 4.87. The molecule has 4 nitrogen and oxygen atoms in total. The van der Waals surface area contributed by atoms with Crippen LogP contribution in [0.15, 0.2) is 30.5 Å². The molecule has 1 unspecified atom stereocenters. The van der Waals surface area contributed by atoms with Crippen LogP contribution in [0.2, 0.25) is 0 Å². The summed E-state index contributed by atoms with van der Waals surface area (Å²) in [5.74, 6) is 0.622. The van der Waals surface area contributed by atoms with Crippen molar-refractivity contribution in [2.45, 2.75) is 32.4 Å². The second kappa shape index (κ2) is 5.81. The van der Waals surface area contributed by atoms with Gasteiger partial charge >= 0.3 is 0 Å². The van der Waals surface area contributed by atoms with Gasteiger partial charge in [-0.2, -0.15) is 0 Å². The Hall–Kier alpha value is -1.33. The number of hydrogen-bond donors (Lipinski definition) is 1. The smallest absolute Gasteiger partial charge is 0.151 e. The Morgan fingerprint density at radius 2 is 2.19 bits per heavy atom. The molecule has 0 amide bonds. The van der Waals surface area contributed by atoms with Crippen molar-refractivity contribution in [3.8, 4) is 0 Å². The van der Waals surface area contributed by atoms with Crippen molar-refractivity contribution < 1.29 is 8.42 Å². The maximum Gasteiger partial charge on any atom is 0.151 e. The highest BCUT2D eigenvalue weighted by molar-refractivity contribution is 7.91. The molecular weight excluding hydrogens is 284 g/mol. The lowest BCUT2D eigenvalue weighted by molar-refractivity contribution is 0.524. The van der Waals surface area contributed by atoms with E-state index in [2.05, 4.69) is 47.3 Å². The minimum absolute atomic E-state index is 0.127. The SMILES string of the molecule is CCc1cccc2ccn(CCNC3CCS(=O)(=O)C3)c12. The number of nitrogens with one attached hydrogen (secondary N) is 1. The lowest BCUT2D eigenvalue weighted by Crippen LogP contribution is -2.32. The second-order valence-corrected chi connectivity index (χ2v) is 8.00. The molecular formula is C16H22N2O2S. The fraction of sp³-hybridized carbons (Fsp3) is 0.500. The maximum atomic E-state index is 11.4. The summed E-state index contributed by atoms with van der Waals surface area (Å²) in [4.78, 5) is 0. The van der Waals surface area contributed by atoms with Gasteiger partial charge in [0.05, 0.1) is 17.0 Å². The van der Waals surface area contributed by atoms with Crippen molar-refractivity contribution in [1.82, 2.24) is 9.88 Å². The van der Waals surface area contributed by atoms with Gasteiger partial charge in [-0.3, -0.25) is 0 Å². The molecule has 1 aliphatic heterocycles. The first-order valence-corrected chi connectivity index (χ1v) is 9.42. The highest BCUT2D eigenvalue weighted by Gasteiger charge is 2.27. The van der Waals surface area contributed by atoms with E-state index in [1.807, 2.05) is 0 Å². The van der Waals surface area contributed by atoms with Crippen LogP contribution in [-0.2, 0) is 22.8 Å². The summed E-state index contributed by atoms with van der Waals surface area (Å²) >= 11 is 0. The zero-order valence-electron chi connectivity index (χ0n) is 12.4. The lowest BCUT2D eigenvalue weighted by Gasteiger charge is -2.13. The number of sulfone groups is 1. The minimum atomic E-state index is -2.79. The first kappa shape index (κ1) is 14.6. The van der Waals surface area contributed by atoms with Gasteiger partial charge in [-0.1, -0.05) is 25.1 Å². The van der Waals surface area contributed by atoms with Crippen LogP contribution in [0, 0.1) is 0 Å². The normalized spacial score (nSPS) is 21.1. The first-order chi connectivity index (χ1) is 10.1. The number of hydrogen-bond acceptors (Lipinski definition) is 3. The molecule has 3 rings (SSSR count). The van der Waals surface area contributed by atoms with Crippen LogP contribution >= 0.6 is 0 Å². The van der Waals surface area contributed by atoms with Gasteiger partial charge in [-0.05, 0) is 29.9 Å². The van der Waals surface area contributed by atoms with Crippen LogP contribution in [0.1, 0.15) is 18.9 Å². The van der Waals surface area contributed by atoms with Gasteiger partial charge in [-0.25, -0.2) is 8.42 Å². The van der Waals surface area contributed by atoms with Crippen molar-refractivity contribution in [1.29, 1.82) is 0 Å². The number of fused-ring (bicyclic) bond motifs is 1. The number of rotatable bonds is 5. The molecule has 1 aliphatic rings. The quantitative estimate of drug-likeness (QED) is 0.919. The minimum Gasteiger partial charge on any atom is -0.346 e. The highest BCUT2D eigenvalue weighted by atomic mass is 32.2. The highest BCUT2D eigenvalue weighted by Crippen LogP contribution is 2.20. The third-order valence-electron chi connectivity index (χ3n) is 4.27. The van der Waals surface area contributed by atoms with Gasteiger partial charge in [0.15, 0.2) is 9.84 Å². The second-order valence-electron chi connectivity index (χ2n) is 5.77. The van der Waals surface area contributed by atoms with Gasteiger partial charge in [-0.15, -0.1) is 0 Å². The molecule has 0 bridgehead atoms. The molecule has 1 aromatic carbocycles. The molecule has 0 spiro atoms. The van der Waals surface area contributed by atoms with Crippen LogP contribution in [0.5, 0.6) is 0 Å². The molecule has 2 heterocycles. The van der Waals surface area contributed by atoms with Crippen LogP contribution < -0.4 is 5.32 Å². The Labute approximate surface area is 126 Å². The summed E-state index contributed by atoms with van der Waals surface area (Å²) < 4.78 is 25.2. The third-order valence-corrected chi connectivity index (χ3v) is 6.04. The van der Waals surface area contributed by atoms with E-state index in [0.29, 0.717) is 11.5 Å². The number of nitrogens with zero attached hydrogens (tertiary/aromatic N) is 1. The Morgan fingerprint density at radius 3 is 2.90 bits per heavy atom. The molecule has 1 aromatic heterocycles. The molecule has 21 heavy (non-hydrogen) atoms. The molecule has 1 N–H and O–H groups in total. The number of aryl methyl sites for hydroxylation is 1. The van der Waals surface area contributed by atoms with Gasteiger partial charge < -0.3 is 9.88 Å². The Morgan fingerprint density at radius 1 is 1.33 bits per heavy atom. The monoisotopic (exact) mass is 306 g/mol. The predicted molar refractivity (Wildman–Crippen MR) is 86.4 cm³/mol. The molecule has 2 aromatic rings. The van der Waals surface area contributed by atoms with Gasteiger partial charge in [0, 0.05) is 25.3 Å². The molecule has 1 saturated heterocycles. The molecule has 1 fully saturated rings. The summed E-state index contributed by atoms with van der Waals surface area (Å²) in [5.41, 5.74) is 2.67. The molecule has 5 heteroatoms. The number of aromatic nitrogens is 1. The van der Waals surface area contributed by atoms with Crippen molar-refractivity contribution in [2.75, 3.05) is 18.1 Å². The van der Waals surface area contributed by atoms with E-state index in [-0.39, 0.29) is 6.04 Å². The van der Waals surface area contributed by atoms with Crippen LogP contribution in [0.3, 0.4) is 0 Å². The van der Waals surface area contributed by atoms with E-state index in [1.54, 1.807) is 0 Å². The third kappa shape index (κ3) is 3.14. The standard InChI is InChI=1S/C16H22N2O2S/c1-2-13-4-3-5-14-6-9-18(16(13)14)10-8-17-15-7-11-21(19,20)12-15/h3-6,9,15,17H,2,7-8,10-12H2,1H3. The summed E-state index contributed by atoms with van der Waals surface area (Å²) in [5, 5.41) is 4.65. The lowest BCUT2D eigenvalue weighted by atomic mass is 10.1. The molecule has 1 atom stereocenters. The molecule has 0 aliphatic carbocycles. The predicted octanol–water partition coefficient (Wildman–Crippen LogP) is 1.98. The van der Waals surface area contributed by atoms with Gasteiger partial charge in [0.2, 0.25) is 0 Å². The molecule has 0 saturated carbocycles. The fourth-order valence-electron chi connectivity index (χ4n) is 3.16. The maximum absolute atomic E-state index is 11.4. The Bertz CT molecular complexity index is 734. The van der Waals surface area contributed by atoms with Crippen molar-refractivity contribution in [2.24, 2.45) is 0 Å². The zero-order valence-corrected chi connectivity index (χ0v) is 13.2. The number of para-hydroxylation sites is 1. The zero-order chi connectivity index (χ0) is 14.9. The van der Waals surface area contributed by atoms with Crippen LogP contribution in [0.4, 0.5) is 0 Å². The molecule has 114 valence electrons. The summed E-state index contributed by atoms with van der Waals surface area (Å²) in [6.45, 7) is 3.85. The Kier molecular flexibility index (Phi) is 4.04.